The molecule has 1 amide bonds. The minimum absolute atomic E-state index is 0.0947. The zero-order chi connectivity index (χ0) is 13.1. The lowest BCUT2D eigenvalue weighted by Gasteiger charge is -2.02. The van der Waals surface area contributed by atoms with Crippen molar-refractivity contribution < 1.29 is 27.9 Å². The molecular weight excluding hydrogens is 259 g/mol. The van der Waals surface area contributed by atoms with E-state index < -0.39 is 23.6 Å². The normalized spacial score (nSPS) is 11.2. The molecule has 0 saturated heterocycles. The summed E-state index contributed by atoms with van der Waals surface area (Å²) in [4.78, 5) is 21.4. The predicted octanol–water partition coefficient (Wildman–Crippen LogP) is 1.97. The van der Waals surface area contributed by atoms with Gasteiger partial charge in [0.1, 0.15) is 0 Å². The third-order valence-electron chi connectivity index (χ3n) is 1.77. The molecule has 94 valence electrons. The molecule has 1 heterocycles. The maximum atomic E-state index is 12.2. The Morgan fingerprint density at radius 3 is 2.53 bits per heavy atom. The summed E-state index contributed by atoms with van der Waals surface area (Å²) in [5.74, 6) is -1.79. The van der Waals surface area contributed by atoms with Crippen LogP contribution in [0.25, 0.3) is 0 Å². The van der Waals surface area contributed by atoms with Gasteiger partial charge in [-0.15, -0.1) is 11.3 Å². The molecule has 0 fully saturated rings. The second kappa shape index (κ2) is 5.17. The van der Waals surface area contributed by atoms with Crippen molar-refractivity contribution in [3.63, 3.8) is 0 Å². The number of amides is 1. The second-order valence-electron chi connectivity index (χ2n) is 3.10. The van der Waals surface area contributed by atoms with E-state index in [1.54, 1.807) is 0 Å². The number of carboxylic acid groups (broad SMARTS) is 1. The number of aliphatic carboxylic acids is 1. The van der Waals surface area contributed by atoms with Crippen LogP contribution in [0.2, 0.25) is 0 Å². The minimum atomic E-state index is -4.48. The van der Waals surface area contributed by atoms with Crippen molar-refractivity contribution >= 4 is 23.2 Å². The van der Waals surface area contributed by atoms with Crippen LogP contribution in [0, 0.1) is 0 Å². The smallest absolute Gasteiger partial charge is 0.417 e. The van der Waals surface area contributed by atoms with Crippen LogP contribution in [0.3, 0.4) is 0 Å². The first-order valence-electron chi connectivity index (χ1n) is 4.46. The van der Waals surface area contributed by atoms with E-state index in [0.717, 1.165) is 11.4 Å². The van der Waals surface area contributed by atoms with Crippen LogP contribution in [0.5, 0.6) is 0 Å². The SMILES string of the molecule is O=C(O)CCNC(=O)c1cc(C(F)(F)F)cs1. The highest BCUT2D eigenvalue weighted by Crippen LogP contribution is 2.32. The molecule has 0 spiro atoms. The molecule has 0 aliphatic rings. The van der Waals surface area contributed by atoms with E-state index in [2.05, 4.69) is 5.32 Å². The summed E-state index contributed by atoms with van der Waals surface area (Å²) in [7, 11) is 0. The van der Waals surface area contributed by atoms with Crippen LogP contribution in [0.4, 0.5) is 13.2 Å². The average Bonchev–Trinajstić information content (AvgIpc) is 2.64. The number of carbonyl (C=O) groups excluding carboxylic acids is 1. The first-order valence-corrected chi connectivity index (χ1v) is 5.34. The predicted molar refractivity (Wildman–Crippen MR) is 53.9 cm³/mol. The van der Waals surface area contributed by atoms with Crippen LogP contribution in [-0.4, -0.2) is 23.5 Å². The molecule has 0 unspecified atom stereocenters. The molecule has 17 heavy (non-hydrogen) atoms. The summed E-state index contributed by atoms with van der Waals surface area (Å²) in [5, 5.41) is 11.4. The Balaban J connectivity index is 2.58. The molecule has 1 rings (SSSR count). The van der Waals surface area contributed by atoms with E-state index in [9.17, 15) is 22.8 Å². The summed E-state index contributed by atoms with van der Waals surface area (Å²) < 4.78 is 36.7. The van der Waals surface area contributed by atoms with Gasteiger partial charge >= 0.3 is 12.1 Å². The number of rotatable bonds is 4. The maximum Gasteiger partial charge on any atom is 0.417 e. The van der Waals surface area contributed by atoms with Crippen molar-refractivity contribution in [2.75, 3.05) is 6.54 Å². The Hall–Kier alpha value is -1.57. The van der Waals surface area contributed by atoms with Crippen LogP contribution in [0.15, 0.2) is 11.4 Å². The van der Waals surface area contributed by atoms with Crippen molar-refractivity contribution in [1.29, 1.82) is 0 Å². The summed E-state index contributed by atoms with van der Waals surface area (Å²) >= 11 is 0.664. The summed E-state index contributed by atoms with van der Waals surface area (Å²) in [6.07, 6.45) is -4.75. The highest BCUT2D eigenvalue weighted by Gasteiger charge is 2.32. The molecule has 4 nitrogen and oxygen atoms in total. The number of thiophene rings is 1. The molecule has 1 aromatic heterocycles. The Morgan fingerprint density at radius 1 is 1.41 bits per heavy atom. The number of carboxylic acids is 1. The van der Waals surface area contributed by atoms with Gasteiger partial charge in [-0.3, -0.25) is 9.59 Å². The van der Waals surface area contributed by atoms with Gasteiger partial charge in [0.15, 0.2) is 0 Å². The van der Waals surface area contributed by atoms with E-state index >= 15 is 0 Å². The molecule has 1 aromatic rings. The largest absolute Gasteiger partial charge is 0.481 e. The number of halogens is 3. The fourth-order valence-electron chi connectivity index (χ4n) is 0.974. The summed E-state index contributed by atoms with van der Waals surface area (Å²) in [6, 6.07) is 0.737. The molecule has 0 aliphatic heterocycles. The van der Waals surface area contributed by atoms with Crippen molar-refractivity contribution in [2.45, 2.75) is 12.6 Å². The van der Waals surface area contributed by atoms with Crippen molar-refractivity contribution in [3.05, 3.63) is 21.9 Å². The number of nitrogens with one attached hydrogen (secondary N) is 1. The third kappa shape index (κ3) is 4.06. The molecular formula is C9H8F3NO3S. The number of alkyl halides is 3. The molecule has 0 saturated carbocycles. The lowest BCUT2D eigenvalue weighted by atomic mass is 10.3. The van der Waals surface area contributed by atoms with Crippen LogP contribution in [-0.2, 0) is 11.0 Å². The Labute approximate surface area is 98.1 Å². The fraction of sp³-hybridized carbons (Fsp3) is 0.333. The Bertz CT molecular complexity index is 427. The Morgan fingerprint density at radius 2 is 2.06 bits per heavy atom. The van der Waals surface area contributed by atoms with Crippen molar-refractivity contribution in [2.24, 2.45) is 0 Å². The van der Waals surface area contributed by atoms with E-state index in [1.807, 2.05) is 0 Å². The van der Waals surface area contributed by atoms with E-state index in [-0.39, 0.29) is 17.8 Å². The van der Waals surface area contributed by atoms with Gasteiger partial charge in [-0.2, -0.15) is 13.2 Å². The molecule has 0 aliphatic carbocycles. The fourth-order valence-corrected chi connectivity index (χ4v) is 1.80. The first-order chi connectivity index (χ1) is 7.80. The molecule has 8 heteroatoms. The monoisotopic (exact) mass is 267 g/mol. The second-order valence-corrected chi connectivity index (χ2v) is 4.01. The van der Waals surface area contributed by atoms with Crippen LogP contribution in [0.1, 0.15) is 21.7 Å². The molecule has 0 bridgehead atoms. The van der Waals surface area contributed by atoms with Gasteiger partial charge in [-0.05, 0) is 6.07 Å². The lowest BCUT2D eigenvalue weighted by Crippen LogP contribution is -2.25. The van der Waals surface area contributed by atoms with Crippen LogP contribution >= 0.6 is 11.3 Å². The highest BCUT2D eigenvalue weighted by atomic mass is 32.1. The van der Waals surface area contributed by atoms with Crippen molar-refractivity contribution in [3.8, 4) is 0 Å². The van der Waals surface area contributed by atoms with E-state index in [0.29, 0.717) is 11.3 Å². The summed E-state index contributed by atoms with van der Waals surface area (Å²) in [6.45, 7) is -0.118. The average molecular weight is 267 g/mol. The van der Waals surface area contributed by atoms with Gasteiger partial charge in [0.2, 0.25) is 0 Å². The molecule has 0 aromatic carbocycles. The van der Waals surface area contributed by atoms with E-state index in [1.165, 1.54) is 0 Å². The maximum absolute atomic E-state index is 12.2. The highest BCUT2D eigenvalue weighted by molar-refractivity contribution is 7.12. The van der Waals surface area contributed by atoms with Gasteiger partial charge in [0.25, 0.3) is 5.91 Å². The quantitative estimate of drug-likeness (QED) is 0.876. The van der Waals surface area contributed by atoms with Gasteiger partial charge < -0.3 is 10.4 Å². The first kappa shape index (κ1) is 13.5. The summed E-state index contributed by atoms with van der Waals surface area (Å²) in [5.41, 5.74) is -0.883. The number of carbonyl (C=O) groups is 2. The van der Waals surface area contributed by atoms with E-state index in [4.69, 9.17) is 5.11 Å². The number of hydrogen-bond donors (Lipinski definition) is 2. The molecule has 2 N–H and O–H groups in total. The lowest BCUT2D eigenvalue weighted by molar-refractivity contribution is -0.138. The molecule has 0 radical (unpaired) electrons. The van der Waals surface area contributed by atoms with Gasteiger partial charge in [0, 0.05) is 11.9 Å². The number of hydrogen-bond acceptors (Lipinski definition) is 3. The van der Waals surface area contributed by atoms with Crippen LogP contribution < -0.4 is 5.32 Å². The zero-order valence-electron chi connectivity index (χ0n) is 8.37. The Kier molecular flexibility index (Phi) is 4.11. The minimum Gasteiger partial charge on any atom is -0.481 e. The van der Waals surface area contributed by atoms with Gasteiger partial charge in [-0.1, -0.05) is 0 Å². The third-order valence-corrected chi connectivity index (χ3v) is 2.70. The standard InChI is InChI=1S/C9H8F3NO3S/c10-9(11,12)5-3-6(17-4-5)8(16)13-2-1-7(14)15/h3-4H,1-2H2,(H,13,16)(H,14,15). The van der Waals surface area contributed by atoms with Gasteiger partial charge in [0.05, 0.1) is 16.9 Å². The molecule has 0 atom stereocenters. The topological polar surface area (TPSA) is 66.4 Å². The van der Waals surface area contributed by atoms with Gasteiger partial charge in [-0.25, -0.2) is 0 Å². The van der Waals surface area contributed by atoms with Crippen molar-refractivity contribution in [1.82, 2.24) is 5.32 Å². The zero-order valence-corrected chi connectivity index (χ0v) is 9.19.